The Bertz CT molecular complexity index is 1360. The van der Waals surface area contributed by atoms with Crippen molar-refractivity contribution in [2.75, 3.05) is 17.2 Å². The predicted molar refractivity (Wildman–Crippen MR) is 143 cm³/mol. The van der Waals surface area contributed by atoms with Crippen LogP contribution < -0.4 is 16.0 Å². The molecule has 35 heavy (non-hydrogen) atoms. The fraction of sp³-hybridized carbons (Fsp3) is 0.133. The first kappa shape index (κ1) is 23.6. The first-order chi connectivity index (χ1) is 17.1. The molecule has 3 aromatic rings. The minimum absolute atomic E-state index is 0.192. The summed E-state index contributed by atoms with van der Waals surface area (Å²) in [5.74, 6) is 4.91. The lowest BCUT2D eigenvalue weighted by molar-refractivity contribution is -0.115. The number of allylic oxidation sites excluding steroid dienone is 1. The molecule has 0 saturated heterocycles. The number of hydrogen-bond donors (Lipinski definition) is 3. The van der Waals surface area contributed by atoms with Gasteiger partial charge < -0.3 is 16.0 Å². The highest BCUT2D eigenvalue weighted by Gasteiger charge is 2.28. The van der Waals surface area contributed by atoms with Crippen molar-refractivity contribution in [2.45, 2.75) is 20.3 Å². The molecule has 3 N–H and O–H groups in total. The molecule has 2 amide bonds. The molecule has 0 saturated carbocycles. The average molecular weight is 462 g/mol. The molecule has 1 aliphatic rings. The molecule has 5 nitrogen and oxygen atoms in total. The monoisotopic (exact) mass is 461 g/mol. The Labute approximate surface area is 206 Å². The Kier molecular flexibility index (Phi) is 7.44. The highest BCUT2D eigenvalue weighted by molar-refractivity contribution is 6.37. The molecule has 5 heteroatoms. The topological polar surface area (TPSA) is 70.2 Å². The third-order valence-electron chi connectivity index (χ3n) is 5.46. The Morgan fingerprint density at radius 3 is 2.49 bits per heavy atom. The first-order valence-corrected chi connectivity index (χ1v) is 11.7. The maximum atomic E-state index is 13.2. The summed E-state index contributed by atoms with van der Waals surface area (Å²) in [6, 6.07) is 23.4. The van der Waals surface area contributed by atoms with Gasteiger partial charge in [-0.05, 0) is 48.7 Å². The number of benzene rings is 3. The lowest BCUT2D eigenvalue weighted by atomic mass is 9.99. The summed E-state index contributed by atoms with van der Waals surface area (Å²) in [7, 11) is 0. The van der Waals surface area contributed by atoms with Gasteiger partial charge in [0.25, 0.3) is 11.8 Å². The minimum Gasteiger partial charge on any atom is -0.354 e. The number of hydrogen-bond acceptors (Lipinski definition) is 3. The van der Waals surface area contributed by atoms with Crippen LogP contribution in [0.2, 0.25) is 0 Å². The number of anilines is 2. The maximum Gasteiger partial charge on any atom is 0.296 e. The maximum absolute atomic E-state index is 13.2. The molecule has 0 aromatic heterocycles. The predicted octanol–water partition coefficient (Wildman–Crippen LogP) is 5.53. The molecule has 1 aliphatic heterocycles. The SMILES string of the molecule is CC/C=C\c1ccc(N/C(=C2\C(=O)Nc3cc(C#CC(=O)NCC)ccc32)c2ccccc2)cc1. The van der Waals surface area contributed by atoms with Crippen LogP contribution >= 0.6 is 0 Å². The molecule has 0 unspecified atom stereocenters. The quantitative estimate of drug-likeness (QED) is 0.334. The first-order valence-electron chi connectivity index (χ1n) is 11.7. The van der Waals surface area contributed by atoms with E-state index in [9.17, 15) is 9.59 Å². The third-order valence-corrected chi connectivity index (χ3v) is 5.46. The van der Waals surface area contributed by atoms with E-state index in [0.29, 0.717) is 23.4 Å². The van der Waals surface area contributed by atoms with Gasteiger partial charge >= 0.3 is 0 Å². The summed E-state index contributed by atoms with van der Waals surface area (Å²) >= 11 is 0. The number of carbonyl (C=O) groups excluding carboxylic acids is 2. The summed E-state index contributed by atoms with van der Waals surface area (Å²) in [6.07, 6.45) is 5.19. The fourth-order valence-corrected chi connectivity index (χ4v) is 3.79. The zero-order valence-corrected chi connectivity index (χ0v) is 19.8. The third kappa shape index (κ3) is 5.69. The van der Waals surface area contributed by atoms with Crippen LogP contribution in [0.15, 0.2) is 78.9 Å². The molecule has 3 aromatic carbocycles. The highest BCUT2D eigenvalue weighted by atomic mass is 16.2. The molecule has 0 aliphatic carbocycles. The van der Waals surface area contributed by atoms with Crippen molar-refractivity contribution in [1.82, 2.24) is 5.32 Å². The van der Waals surface area contributed by atoms with E-state index in [4.69, 9.17) is 0 Å². The van der Waals surface area contributed by atoms with Crippen molar-refractivity contribution in [3.8, 4) is 11.8 Å². The van der Waals surface area contributed by atoms with Gasteiger partial charge in [-0.2, -0.15) is 0 Å². The van der Waals surface area contributed by atoms with E-state index in [1.807, 2.05) is 73.7 Å². The normalized spacial score (nSPS) is 13.5. The van der Waals surface area contributed by atoms with Crippen LogP contribution in [0.5, 0.6) is 0 Å². The summed E-state index contributed by atoms with van der Waals surface area (Å²) in [5, 5.41) is 9.08. The number of rotatable bonds is 6. The molecule has 0 atom stereocenters. The minimum atomic E-state index is -0.329. The molecule has 174 valence electrons. The van der Waals surface area contributed by atoms with Crippen molar-refractivity contribution in [2.24, 2.45) is 0 Å². The highest BCUT2D eigenvalue weighted by Crippen LogP contribution is 2.38. The number of amides is 2. The Morgan fingerprint density at radius 1 is 1.00 bits per heavy atom. The summed E-state index contributed by atoms with van der Waals surface area (Å²) < 4.78 is 0. The van der Waals surface area contributed by atoms with Crippen molar-refractivity contribution in [1.29, 1.82) is 0 Å². The van der Waals surface area contributed by atoms with Crippen LogP contribution in [-0.2, 0) is 9.59 Å². The van der Waals surface area contributed by atoms with E-state index >= 15 is 0 Å². The van der Waals surface area contributed by atoms with Crippen LogP contribution in [0.3, 0.4) is 0 Å². The second-order valence-corrected chi connectivity index (χ2v) is 8.00. The number of nitrogens with one attached hydrogen (secondary N) is 3. The van der Waals surface area contributed by atoms with Crippen molar-refractivity contribution < 1.29 is 9.59 Å². The van der Waals surface area contributed by atoms with Gasteiger partial charge in [0, 0.05) is 29.3 Å². The van der Waals surface area contributed by atoms with E-state index in [-0.39, 0.29) is 11.8 Å². The van der Waals surface area contributed by atoms with Gasteiger partial charge in [-0.1, -0.05) is 73.5 Å². The van der Waals surface area contributed by atoms with E-state index in [0.717, 1.165) is 34.5 Å². The molecule has 4 rings (SSSR count). The zero-order chi connectivity index (χ0) is 24.6. The molecule has 0 radical (unpaired) electrons. The Morgan fingerprint density at radius 2 is 1.77 bits per heavy atom. The standard InChI is InChI=1S/C30H27N3O2/c1-3-5-9-21-12-16-24(17-13-21)32-29(23-10-7-6-8-11-23)28-25-18-14-22(15-19-27(34)31-4-2)20-26(25)33-30(28)35/h5-14,16-18,20,32H,3-4H2,1-2H3,(H,31,34)(H,33,35)/b9-5-,29-28-. The van der Waals surface area contributed by atoms with Crippen molar-refractivity contribution in [3.05, 3.63) is 101 Å². The van der Waals surface area contributed by atoms with Gasteiger partial charge in [0.2, 0.25) is 0 Å². The molecule has 0 bridgehead atoms. The molecule has 1 heterocycles. The Hall–Kier alpha value is -4.56. The number of carbonyl (C=O) groups is 2. The molecule has 0 spiro atoms. The van der Waals surface area contributed by atoms with Crippen molar-refractivity contribution >= 4 is 40.5 Å². The second kappa shape index (κ2) is 11.0. The Balaban J connectivity index is 1.73. The zero-order valence-electron chi connectivity index (χ0n) is 19.8. The smallest absolute Gasteiger partial charge is 0.296 e. The summed E-state index contributed by atoms with van der Waals surface area (Å²) in [4.78, 5) is 24.8. The van der Waals surface area contributed by atoms with Gasteiger partial charge in [0.1, 0.15) is 0 Å². The molecular formula is C30H27N3O2. The summed E-state index contributed by atoms with van der Waals surface area (Å²) in [5.41, 5.74) is 6.30. The van der Waals surface area contributed by atoms with Crippen LogP contribution in [-0.4, -0.2) is 18.4 Å². The van der Waals surface area contributed by atoms with Crippen LogP contribution in [0, 0.1) is 11.8 Å². The number of fused-ring (bicyclic) bond motifs is 1. The lowest BCUT2D eigenvalue weighted by Crippen LogP contribution is -2.20. The molecule has 0 fully saturated rings. The van der Waals surface area contributed by atoms with E-state index in [1.165, 1.54) is 0 Å². The van der Waals surface area contributed by atoms with Gasteiger partial charge in [-0.3, -0.25) is 9.59 Å². The van der Waals surface area contributed by atoms with Crippen molar-refractivity contribution in [3.63, 3.8) is 0 Å². The average Bonchev–Trinajstić information content (AvgIpc) is 3.21. The van der Waals surface area contributed by atoms with Crippen LogP contribution in [0.4, 0.5) is 11.4 Å². The fourth-order valence-electron chi connectivity index (χ4n) is 3.79. The van der Waals surface area contributed by atoms with Gasteiger partial charge in [-0.25, -0.2) is 0 Å². The van der Waals surface area contributed by atoms with Crippen LogP contribution in [0.1, 0.15) is 42.5 Å². The largest absolute Gasteiger partial charge is 0.354 e. The molecular weight excluding hydrogens is 434 g/mol. The van der Waals surface area contributed by atoms with Gasteiger partial charge in [-0.15, -0.1) is 0 Å². The van der Waals surface area contributed by atoms with E-state index < -0.39 is 0 Å². The lowest BCUT2D eigenvalue weighted by Gasteiger charge is -2.15. The second-order valence-electron chi connectivity index (χ2n) is 8.00. The summed E-state index contributed by atoms with van der Waals surface area (Å²) in [6.45, 7) is 4.47. The van der Waals surface area contributed by atoms with Gasteiger partial charge in [0.15, 0.2) is 0 Å². The van der Waals surface area contributed by atoms with E-state index in [2.05, 4.69) is 46.9 Å². The van der Waals surface area contributed by atoms with Crippen LogP contribution in [0.25, 0.3) is 17.3 Å². The van der Waals surface area contributed by atoms with E-state index in [1.54, 1.807) is 6.07 Å². The van der Waals surface area contributed by atoms with Gasteiger partial charge in [0.05, 0.1) is 17.0 Å².